The van der Waals surface area contributed by atoms with Crippen LogP contribution in [0.1, 0.15) is 29.5 Å². The number of ether oxygens (including phenoxy) is 2. The predicted molar refractivity (Wildman–Crippen MR) is 96.7 cm³/mol. The van der Waals surface area contributed by atoms with Gasteiger partial charge in [0.1, 0.15) is 19.2 Å². The molecule has 0 saturated heterocycles. The molecule has 4 heteroatoms. The Hall–Kier alpha value is -1.96. The number of terminal acetylenes is 1. The fourth-order valence-electron chi connectivity index (χ4n) is 4.85. The molecule has 0 fully saturated rings. The number of nitrogens with zero attached hydrogens (tertiary/aromatic N) is 1. The smallest absolute Gasteiger partial charge is 0.166 e. The van der Waals surface area contributed by atoms with Crippen molar-refractivity contribution in [3.8, 4) is 23.8 Å². The van der Waals surface area contributed by atoms with Crippen LogP contribution in [0.25, 0.3) is 0 Å². The minimum absolute atomic E-state index is 0.0469. The third-order valence-corrected chi connectivity index (χ3v) is 6.25. The topological polar surface area (TPSA) is 38.7 Å². The highest BCUT2D eigenvalue weighted by atomic mass is 16.5. The lowest BCUT2D eigenvalue weighted by atomic mass is 9.68. The van der Waals surface area contributed by atoms with Crippen molar-refractivity contribution in [1.82, 2.24) is 0 Å². The number of aryl methyl sites for hydroxylation is 1. The number of benzene rings is 1. The number of aliphatic hydroxyl groups excluding tert-OH is 1. The molecular weight excluding hydrogens is 314 g/mol. The first kappa shape index (κ1) is 16.5. The molecule has 2 heterocycles. The zero-order chi connectivity index (χ0) is 17.8. The average Bonchev–Trinajstić information content (AvgIpc) is 2.83. The molecule has 1 aromatic carbocycles. The van der Waals surface area contributed by atoms with Crippen molar-refractivity contribution in [3.63, 3.8) is 0 Å². The SMILES string of the molecule is C#CC[N+]1(C)CCC23C=CC(O)CC2Oc2c(OC)cc(C)c(c23)C1. The van der Waals surface area contributed by atoms with Gasteiger partial charge in [-0.25, -0.2) is 0 Å². The zero-order valence-electron chi connectivity index (χ0n) is 15.2. The molecule has 132 valence electrons. The van der Waals surface area contributed by atoms with Crippen LogP contribution in [0, 0.1) is 19.3 Å². The van der Waals surface area contributed by atoms with Crippen LogP contribution in [-0.2, 0) is 12.0 Å². The molecule has 25 heavy (non-hydrogen) atoms. The summed E-state index contributed by atoms with van der Waals surface area (Å²) in [6.07, 6.45) is 10.9. The Labute approximate surface area is 149 Å². The Morgan fingerprint density at radius 2 is 2.32 bits per heavy atom. The molecule has 0 bridgehead atoms. The first-order chi connectivity index (χ1) is 11.9. The van der Waals surface area contributed by atoms with Gasteiger partial charge < -0.3 is 19.1 Å². The average molecular weight is 340 g/mol. The van der Waals surface area contributed by atoms with E-state index < -0.39 is 6.10 Å². The van der Waals surface area contributed by atoms with E-state index in [9.17, 15) is 5.11 Å². The summed E-state index contributed by atoms with van der Waals surface area (Å²) in [6.45, 7) is 4.75. The maximum Gasteiger partial charge on any atom is 0.166 e. The molecule has 2 aliphatic heterocycles. The van der Waals surface area contributed by atoms with Crippen LogP contribution in [0.15, 0.2) is 18.2 Å². The van der Waals surface area contributed by atoms with Crippen molar-refractivity contribution in [2.24, 2.45) is 0 Å². The van der Waals surface area contributed by atoms with Gasteiger partial charge in [-0.15, -0.1) is 6.42 Å². The van der Waals surface area contributed by atoms with Crippen molar-refractivity contribution in [3.05, 3.63) is 34.9 Å². The van der Waals surface area contributed by atoms with E-state index in [1.165, 1.54) is 16.7 Å². The second-order valence-electron chi connectivity index (χ2n) is 8.00. The quantitative estimate of drug-likeness (QED) is 0.510. The molecule has 1 N–H and O–H groups in total. The van der Waals surface area contributed by atoms with Gasteiger partial charge in [0, 0.05) is 24.0 Å². The van der Waals surface area contributed by atoms with Crippen LogP contribution in [0.4, 0.5) is 0 Å². The molecule has 4 nitrogen and oxygen atoms in total. The van der Waals surface area contributed by atoms with Crippen LogP contribution >= 0.6 is 0 Å². The second-order valence-corrected chi connectivity index (χ2v) is 8.00. The van der Waals surface area contributed by atoms with Crippen LogP contribution in [-0.4, -0.2) is 49.0 Å². The predicted octanol–water partition coefficient (Wildman–Crippen LogP) is 2.31. The van der Waals surface area contributed by atoms with Crippen LogP contribution in [0.2, 0.25) is 0 Å². The van der Waals surface area contributed by atoms with Crippen molar-refractivity contribution in [1.29, 1.82) is 0 Å². The summed E-state index contributed by atoms with van der Waals surface area (Å²) >= 11 is 0. The highest BCUT2D eigenvalue weighted by Crippen LogP contribution is 2.56. The Morgan fingerprint density at radius 1 is 1.52 bits per heavy atom. The lowest BCUT2D eigenvalue weighted by Gasteiger charge is -2.36. The van der Waals surface area contributed by atoms with Gasteiger partial charge in [-0.1, -0.05) is 12.2 Å². The normalized spacial score (nSPS) is 35.2. The Kier molecular flexibility index (Phi) is 3.64. The summed E-state index contributed by atoms with van der Waals surface area (Å²) in [4.78, 5) is 0. The van der Waals surface area contributed by atoms with Gasteiger partial charge in [0.2, 0.25) is 0 Å². The van der Waals surface area contributed by atoms with Gasteiger partial charge in [0.05, 0.1) is 32.2 Å². The molecule has 0 radical (unpaired) electrons. The lowest BCUT2D eigenvalue weighted by molar-refractivity contribution is -0.915. The number of hydrogen-bond acceptors (Lipinski definition) is 3. The standard InChI is InChI=1S/C21H26NO3/c1-5-9-22(3)10-8-21-7-6-15(23)12-18(21)25-20-17(24-4)11-14(2)16(13-22)19(20)21/h1,6-7,11,15,18,23H,8-10,12-13H2,2-4H3/q+1. The second kappa shape index (κ2) is 5.52. The molecule has 1 aliphatic carbocycles. The third kappa shape index (κ3) is 2.30. The number of methoxy groups -OCH3 is 1. The van der Waals surface area contributed by atoms with Gasteiger partial charge >= 0.3 is 0 Å². The maximum absolute atomic E-state index is 10.1. The first-order valence-electron chi connectivity index (χ1n) is 8.94. The molecule has 0 amide bonds. The van der Waals surface area contributed by atoms with E-state index in [1.807, 2.05) is 6.08 Å². The number of aliphatic hydroxyl groups is 1. The molecule has 4 atom stereocenters. The molecule has 4 rings (SSSR count). The monoisotopic (exact) mass is 340 g/mol. The first-order valence-corrected chi connectivity index (χ1v) is 8.94. The van der Waals surface area contributed by atoms with Crippen molar-refractivity contribution in [2.45, 2.75) is 43.9 Å². The number of rotatable bonds is 2. The van der Waals surface area contributed by atoms with E-state index in [-0.39, 0.29) is 11.5 Å². The highest BCUT2D eigenvalue weighted by molar-refractivity contribution is 5.63. The van der Waals surface area contributed by atoms with E-state index in [0.717, 1.165) is 35.5 Å². The number of hydrogen-bond donors (Lipinski definition) is 1. The van der Waals surface area contributed by atoms with E-state index in [1.54, 1.807) is 7.11 Å². The minimum atomic E-state index is -0.449. The zero-order valence-corrected chi connectivity index (χ0v) is 15.2. The molecule has 1 aromatic rings. The lowest BCUT2D eigenvalue weighted by Crippen LogP contribution is -2.47. The van der Waals surface area contributed by atoms with E-state index >= 15 is 0 Å². The summed E-state index contributed by atoms with van der Waals surface area (Å²) in [6, 6.07) is 2.07. The number of quaternary nitrogens is 1. The third-order valence-electron chi connectivity index (χ3n) is 6.25. The molecular formula is C21H26NO3+. The van der Waals surface area contributed by atoms with Crippen molar-refractivity contribution in [2.75, 3.05) is 27.2 Å². The highest BCUT2D eigenvalue weighted by Gasteiger charge is 2.55. The summed E-state index contributed by atoms with van der Waals surface area (Å²) in [5.74, 6) is 4.52. The fraction of sp³-hybridized carbons (Fsp3) is 0.524. The van der Waals surface area contributed by atoms with Crippen LogP contribution in [0.5, 0.6) is 11.5 Å². The van der Waals surface area contributed by atoms with Gasteiger partial charge in [0.25, 0.3) is 0 Å². The van der Waals surface area contributed by atoms with Gasteiger partial charge in [-0.05, 0) is 24.5 Å². The molecule has 3 aliphatic rings. The van der Waals surface area contributed by atoms with Crippen molar-refractivity contribution >= 4 is 0 Å². The van der Waals surface area contributed by atoms with Crippen molar-refractivity contribution < 1.29 is 19.1 Å². The maximum atomic E-state index is 10.1. The van der Waals surface area contributed by atoms with Gasteiger partial charge in [-0.2, -0.15) is 0 Å². The molecule has 0 saturated carbocycles. The summed E-state index contributed by atoms with van der Waals surface area (Å²) in [5.41, 5.74) is 3.63. The summed E-state index contributed by atoms with van der Waals surface area (Å²) in [7, 11) is 3.93. The van der Waals surface area contributed by atoms with E-state index in [2.05, 4.69) is 32.0 Å². The van der Waals surface area contributed by atoms with E-state index in [0.29, 0.717) is 13.0 Å². The van der Waals surface area contributed by atoms with Crippen LogP contribution in [0.3, 0.4) is 0 Å². The minimum Gasteiger partial charge on any atom is -0.493 e. The Balaban J connectivity index is 1.97. The summed E-state index contributed by atoms with van der Waals surface area (Å²) in [5, 5.41) is 10.1. The van der Waals surface area contributed by atoms with Crippen LogP contribution < -0.4 is 9.47 Å². The van der Waals surface area contributed by atoms with Gasteiger partial charge in [-0.3, -0.25) is 0 Å². The summed E-state index contributed by atoms with van der Waals surface area (Å²) < 4.78 is 12.8. The molecule has 4 unspecified atom stereocenters. The van der Waals surface area contributed by atoms with E-state index in [4.69, 9.17) is 15.9 Å². The van der Waals surface area contributed by atoms with Gasteiger partial charge in [0.15, 0.2) is 11.5 Å². The Morgan fingerprint density at radius 3 is 3.04 bits per heavy atom. The fourth-order valence-corrected chi connectivity index (χ4v) is 4.85. The molecule has 1 spiro atoms. The Bertz CT molecular complexity index is 793. The molecule has 0 aromatic heterocycles. The largest absolute Gasteiger partial charge is 0.493 e.